The summed E-state index contributed by atoms with van der Waals surface area (Å²) >= 11 is 0. The monoisotopic (exact) mass is 286 g/mol. The number of carbonyl (C=O) groups is 1. The lowest BCUT2D eigenvalue weighted by molar-refractivity contribution is -0.121. The van der Waals surface area contributed by atoms with Crippen LogP contribution in [0.2, 0.25) is 0 Å². The molecule has 1 aliphatic carbocycles. The molecule has 0 unspecified atom stereocenters. The third-order valence-electron chi connectivity index (χ3n) is 3.69. The highest BCUT2D eigenvalue weighted by Crippen LogP contribution is 2.27. The highest BCUT2D eigenvalue weighted by molar-refractivity contribution is 5.83. The van der Waals surface area contributed by atoms with Crippen molar-refractivity contribution in [2.75, 3.05) is 5.73 Å². The largest absolute Gasteiger partial charge is 0.399 e. The van der Waals surface area contributed by atoms with E-state index < -0.39 is 0 Å². The van der Waals surface area contributed by atoms with Crippen LogP contribution in [0.5, 0.6) is 0 Å². The molecule has 2 aromatic rings. The van der Waals surface area contributed by atoms with Crippen LogP contribution in [0.3, 0.4) is 0 Å². The number of hydrogen-bond acceptors (Lipinski definition) is 3. The van der Waals surface area contributed by atoms with Gasteiger partial charge in [-0.1, -0.05) is 20.8 Å². The Labute approximate surface area is 124 Å². The topological polar surface area (TPSA) is 72.9 Å². The number of nitrogens with two attached hydrogens (primary N) is 1. The number of aromatic nitrogens is 2. The zero-order valence-electron chi connectivity index (χ0n) is 12.8. The summed E-state index contributed by atoms with van der Waals surface area (Å²) in [6, 6.07) is 6.03. The summed E-state index contributed by atoms with van der Waals surface area (Å²) in [7, 11) is 0. The van der Waals surface area contributed by atoms with Crippen LogP contribution in [0.4, 0.5) is 5.69 Å². The molecule has 1 aromatic heterocycles. The predicted molar refractivity (Wildman–Crippen MR) is 84.0 cm³/mol. The van der Waals surface area contributed by atoms with E-state index in [1.165, 1.54) is 0 Å². The number of nitrogens with zero attached hydrogens (tertiary/aromatic N) is 2. The van der Waals surface area contributed by atoms with Crippen molar-refractivity contribution in [3.05, 3.63) is 24.0 Å². The van der Waals surface area contributed by atoms with E-state index in [0.29, 0.717) is 18.3 Å². The lowest BCUT2D eigenvalue weighted by Gasteiger charge is -2.20. The second-order valence-corrected chi connectivity index (χ2v) is 6.86. The van der Waals surface area contributed by atoms with E-state index in [0.717, 1.165) is 29.7 Å². The molecule has 1 saturated carbocycles. The summed E-state index contributed by atoms with van der Waals surface area (Å²) in [6.07, 6.45) is 2.19. The van der Waals surface area contributed by atoms with Crippen LogP contribution < -0.4 is 11.1 Å². The van der Waals surface area contributed by atoms with Crippen LogP contribution in [-0.2, 0) is 16.8 Å². The van der Waals surface area contributed by atoms with E-state index in [2.05, 4.69) is 26.1 Å². The third kappa shape index (κ3) is 2.86. The lowest BCUT2D eigenvalue weighted by atomic mass is 9.95. The van der Waals surface area contributed by atoms with Gasteiger partial charge < -0.3 is 15.6 Å². The van der Waals surface area contributed by atoms with Gasteiger partial charge in [0.25, 0.3) is 0 Å². The van der Waals surface area contributed by atoms with Crippen molar-refractivity contribution in [2.45, 2.75) is 51.6 Å². The fraction of sp³-hybridized carbons (Fsp3) is 0.500. The van der Waals surface area contributed by atoms with Crippen molar-refractivity contribution in [1.82, 2.24) is 14.9 Å². The molecular formula is C16H22N4O. The van der Waals surface area contributed by atoms with Crippen molar-refractivity contribution in [1.29, 1.82) is 0 Å². The van der Waals surface area contributed by atoms with Gasteiger partial charge in [0, 0.05) is 17.1 Å². The Kier molecular flexibility index (Phi) is 3.15. The van der Waals surface area contributed by atoms with E-state index in [1.54, 1.807) is 0 Å². The maximum atomic E-state index is 12.2. The average molecular weight is 286 g/mol. The van der Waals surface area contributed by atoms with E-state index in [1.807, 2.05) is 22.8 Å². The lowest BCUT2D eigenvalue weighted by Crippen LogP contribution is -2.31. The van der Waals surface area contributed by atoms with E-state index >= 15 is 0 Å². The standard InChI is InChI=1S/C16H22N4O/c1-16(2,3)15-19-12-8-10(17)4-7-13(12)20(15)9-14(21)18-11-5-6-11/h4,7-8,11H,5-6,9,17H2,1-3H3,(H,18,21). The molecule has 1 aromatic carbocycles. The van der Waals surface area contributed by atoms with Gasteiger partial charge in [-0.3, -0.25) is 4.79 Å². The van der Waals surface area contributed by atoms with Gasteiger partial charge in [-0.25, -0.2) is 4.98 Å². The normalized spacial score (nSPS) is 15.4. The van der Waals surface area contributed by atoms with Crippen LogP contribution in [0.25, 0.3) is 11.0 Å². The minimum atomic E-state index is -0.131. The van der Waals surface area contributed by atoms with Gasteiger partial charge in [0.2, 0.25) is 5.91 Å². The van der Waals surface area contributed by atoms with E-state index in [9.17, 15) is 4.79 Å². The van der Waals surface area contributed by atoms with Crippen LogP contribution in [-0.4, -0.2) is 21.5 Å². The Bertz CT molecular complexity index is 692. The number of nitrogen functional groups attached to an aromatic ring is 1. The van der Waals surface area contributed by atoms with Crippen LogP contribution in [0, 0.1) is 0 Å². The molecule has 0 saturated heterocycles. The summed E-state index contributed by atoms with van der Waals surface area (Å²) < 4.78 is 2.01. The quantitative estimate of drug-likeness (QED) is 0.850. The summed E-state index contributed by atoms with van der Waals surface area (Å²) in [5.74, 6) is 0.966. The fourth-order valence-corrected chi connectivity index (χ4v) is 2.52. The number of nitrogens with one attached hydrogen (secondary N) is 1. The molecule has 3 N–H and O–H groups in total. The number of hydrogen-bond donors (Lipinski definition) is 2. The molecule has 1 fully saturated rings. The van der Waals surface area contributed by atoms with Gasteiger partial charge in [-0.2, -0.15) is 0 Å². The van der Waals surface area contributed by atoms with Crippen LogP contribution >= 0.6 is 0 Å². The highest BCUT2D eigenvalue weighted by Gasteiger charge is 2.26. The first-order valence-electron chi connectivity index (χ1n) is 7.40. The number of fused-ring (bicyclic) bond motifs is 1. The molecule has 21 heavy (non-hydrogen) atoms. The molecule has 112 valence electrons. The first-order chi connectivity index (χ1) is 9.84. The summed E-state index contributed by atoms with van der Waals surface area (Å²) in [6.45, 7) is 6.62. The van der Waals surface area contributed by atoms with Crippen molar-refractivity contribution >= 4 is 22.6 Å². The zero-order valence-corrected chi connectivity index (χ0v) is 12.8. The Morgan fingerprint density at radius 3 is 2.76 bits per heavy atom. The van der Waals surface area contributed by atoms with Gasteiger partial charge in [-0.15, -0.1) is 0 Å². The number of imidazole rings is 1. The molecule has 0 aliphatic heterocycles. The van der Waals surface area contributed by atoms with Crippen molar-refractivity contribution < 1.29 is 4.79 Å². The van der Waals surface area contributed by atoms with Gasteiger partial charge in [0.15, 0.2) is 0 Å². The number of amides is 1. The third-order valence-corrected chi connectivity index (χ3v) is 3.69. The van der Waals surface area contributed by atoms with Crippen molar-refractivity contribution in [3.8, 4) is 0 Å². The molecule has 0 bridgehead atoms. The first kappa shape index (κ1) is 13.9. The SMILES string of the molecule is CC(C)(C)c1nc2cc(N)ccc2n1CC(=O)NC1CC1. The Morgan fingerprint density at radius 2 is 2.14 bits per heavy atom. The predicted octanol–water partition coefficient (Wildman–Crippen LogP) is 2.19. The van der Waals surface area contributed by atoms with Gasteiger partial charge in [-0.05, 0) is 31.0 Å². The zero-order chi connectivity index (χ0) is 15.2. The molecule has 5 nitrogen and oxygen atoms in total. The van der Waals surface area contributed by atoms with Crippen LogP contribution in [0.15, 0.2) is 18.2 Å². The molecule has 1 heterocycles. The van der Waals surface area contributed by atoms with Gasteiger partial charge in [0.05, 0.1) is 11.0 Å². The Hall–Kier alpha value is -2.04. The number of anilines is 1. The smallest absolute Gasteiger partial charge is 0.240 e. The number of rotatable bonds is 3. The number of carbonyl (C=O) groups excluding carboxylic acids is 1. The molecule has 0 spiro atoms. The summed E-state index contributed by atoms with van der Waals surface area (Å²) in [5.41, 5.74) is 8.20. The number of benzene rings is 1. The molecule has 5 heteroatoms. The summed E-state index contributed by atoms with van der Waals surface area (Å²) in [5, 5.41) is 3.03. The Morgan fingerprint density at radius 1 is 1.43 bits per heavy atom. The maximum absolute atomic E-state index is 12.2. The second-order valence-electron chi connectivity index (χ2n) is 6.86. The van der Waals surface area contributed by atoms with Crippen molar-refractivity contribution in [3.63, 3.8) is 0 Å². The minimum absolute atomic E-state index is 0.0547. The molecule has 1 aliphatic rings. The molecule has 0 atom stereocenters. The first-order valence-corrected chi connectivity index (χ1v) is 7.40. The Balaban J connectivity index is 2.02. The molecule has 0 radical (unpaired) electrons. The molecule has 3 rings (SSSR count). The maximum Gasteiger partial charge on any atom is 0.240 e. The second kappa shape index (κ2) is 4.76. The molecular weight excluding hydrogens is 264 g/mol. The van der Waals surface area contributed by atoms with Crippen molar-refractivity contribution in [2.24, 2.45) is 0 Å². The van der Waals surface area contributed by atoms with E-state index in [4.69, 9.17) is 10.7 Å². The van der Waals surface area contributed by atoms with E-state index in [-0.39, 0.29) is 11.3 Å². The van der Waals surface area contributed by atoms with Gasteiger partial charge >= 0.3 is 0 Å². The van der Waals surface area contributed by atoms with Gasteiger partial charge in [0.1, 0.15) is 12.4 Å². The minimum Gasteiger partial charge on any atom is -0.399 e. The highest BCUT2D eigenvalue weighted by atomic mass is 16.2. The summed E-state index contributed by atoms with van der Waals surface area (Å²) in [4.78, 5) is 16.9. The van der Waals surface area contributed by atoms with Crippen LogP contribution in [0.1, 0.15) is 39.4 Å². The molecule has 1 amide bonds. The average Bonchev–Trinajstić information content (AvgIpc) is 3.09. The fourth-order valence-electron chi connectivity index (χ4n) is 2.52.